The minimum absolute atomic E-state index is 0.302. The first-order chi connectivity index (χ1) is 7.68. The fraction of sp³-hybridized carbons (Fsp3) is 0.385. The van der Waals surface area contributed by atoms with Gasteiger partial charge in [-0.2, -0.15) is 0 Å². The minimum Gasteiger partial charge on any atom is -0.377 e. The Morgan fingerprint density at radius 2 is 2.06 bits per heavy atom. The lowest BCUT2D eigenvalue weighted by molar-refractivity contribution is 0.0679. The van der Waals surface area contributed by atoms with Gasteiger partial charge in [-0.25, -0.2) is 4.39 Å². The van der Waals surface area contributed by atoms with Crippen LogP contribution >= 0.6 is 0 Å². The monoisotopic (exact) mass is 219 g/mol. The van der Waals surface area contributed by atoms with Gasteiger partial charge >= 0.3 is 0 Å². The van der Waals surface area contributed by atoms with Crippen molar-refractivity contribution >= 4 is 0 Å². The molecule has 0 atom stereocenters. The molecule has 1 saturated heterocycles. The van der Waals surface area contributed by atoms with E-state index in [1.54, 1.807) is 12.1 Å². The van der Waals surface area contributed by atoms with Gasteiger partial charge in [0.15, 0.2) is 0 Å². The molecular weight excluding hydrogens is 205 g/mol. The van der Waals surface area contributed by atoms with E-state index in [0.29, 0.717) is 18.4 Å². The van der Waals surface area contributed by atoms with Crippen molar-refractivity contribution < 1.29 is 9.50 Å². The molecule has 2 nitrogen and oxygen atoms in total. The minimum atomic E-state index is -0.919. The van der Waals surface area contributed by atoms with Gasteiger partial charge in [-0.3, -0.25) is 0 Å². The summed E-state index contributed by atoms with van der Waals surface area (Å²) < 4.78 is 12.9. The maximum atomic E-state index is 12.9. The van der Waals surface area contributed by atoms with Gasteiger partial charge in [-0.15, -0.1) is 0 Å². The average Bonchev–Trinajstić information content (AvgIpc) is 2.28. The van der Waals surface area contributed by atoms with Gasteiger partial charge in [0.25, 0.3) is 0 Å². The van der Waals surface area contributed by atoms with Crippen molar-refractivity contribution in [3.63, 3.8) is 0 Å². The summed E-state index contributed by atoms with van der Waals surface area (Å²) in [6.45, 7) is 1.54. The molecule has 3 heteroatoms. The van der Waals surface area contributed by atoms with Gasteiger partial charge in [-0.05, 0) is 44.1 Å². The van der Waals surface area contributed by atoms with Gasteiger partial charge in [0.05, 0.1) is 0 Å². The summed E-state index contributed by atoms with van der Waals surface area (Å²) in [7, 11) is 0. The lowest BCUT2D eigenvalue weighted by Gasteiger charge is -2.27. The molecule has 1 aromatic carbocycles. The summed E-state index contributed by atoms with van der Waals surface area (Å²) in [4.78, 5) is 0. The first-order valence-electron chi connectivity index (χ1n) is 5.40. The van der Waals surface area contributed by atoms with Crippen molar-refractivity contribution in [1.29, 1.82) is 0 Å². The number of nitrogens with one attached hydrogen (secondary N) is 1. The van der Waals surface area contributed by atoms with Crippen LogP contribution in [-0.4, -0.2) is 23.8 Å². The first-order valence-corrected chi connectivity index (χ1v) is 5.40. The van der Waals surface area contributed by atoms with Crippen LogP contribution in [-0.2, 0) is 0 Å². The smallest absolute Gasteiger partial charge is 0.128 e. The van der Waals surface area contributed by atoms with E-state index in [2.05, 4.69) is 17.2 Å². The van der Waals surface area contributed by atoms with Crippen LogP contribution in [0.25, 0.3) is 0 Å². The summed E-state index contributed by atoms with van der Waals surface area (Å²) in [5, 5.41) is 13.3. The Balaban J connectivity index is 2.14. The average molecular weight is 219 g/mol. The highest BCUT2D eigenvalue weighted by atomic mass is 19.1. The van der Waals surface area contributed by atoms with Crippen molar-refractivity contribution in [3.05, 3.63) is 35.6 Å². The van der Waals surface area contributed by atoms with E-state index in [4.69, 9.17) is 0 Å². The van der Waals surface area contributed by atoms with E-state index < -0.39 is 5.60 Å². The number of piperidine rings is 1. The number of benzene rings is 1. The van der Waals surface area contributed by atoms with Crippen LogP contribution in [0.5, 0.6) is 0 Å². The zero-order valence-corrected chi connectivity index (χ0v) is 8.96. The van der Waals surface area contributed by atoms with E-state index >= 15 is 0 Å². The molecule has 1 heterocycles. The van der Waals surface area contributed by atoms with Gasteiger partial charge in [0.1, 0.15) is 11.4 Å². The SMILES string of the molecule is OC1(C#Cc2cccc(F)c2)CCNCC1. The van der Waals surface area contributed by atoms with Crippen LogP contribution in [0.3, 0.4) is 0 Å². The van der Waals surface area contributed by atoms with Gasteiger partial charge in [-0.1, -0.05) is 17.9 Å². The Hall–Kier alpha value is -1.37. The fourth-order valence-corrected chi connectivity index (χ4v) is 1.72. The molecular formula is C13H14FNO. The molecule has 1 aliphatic heterocycles. The van der Waals surface area contributed by atoms with Crippen molar-refractivity contribution in [2.75, 3.05) is 13.1 Å². The Morgan fingerprint density at radius 3 is 2.75 bits per heavy atom. The summed E-state index contributed by atoms with van der Waals surface area (Å²) in [5.74, 6) is 5.37. The zero-order chi connectivity index (χ0) is 11.4. The molecule has 0 radical (unpaired) electrons. The molecule has 1 aliphatic rings. The number of rotatable bonds is 0. The molecule has 84 valence electrons. The normalized spacial score (nSPS) is 18.6. The van der Waals surface area contributed by atoms with Gasteiger partial charge in [0.2, 0.25) is 0 Å². The van der Waals surface area contributed by atoms with Gasteiger partial charge in [0, 0.05) is 5.56 Å². The molecule has 0 aromatic heterocycles. The quantitative estimate of drug-likeness (QED) is 0.644. The van der Waals surface area contributed by atoms with E-state index in [0.717, 1.165) is 13.1 Å². The predicted molar refractivity (Wildman–Crippen MR) is 60.3 cm³/mol. The maximum Gasteiger partial charge on any atom is 0.128 e. The van der Waals surface area contributed by atoms with Crippen molar-refractivity contribution in [2.45, 2.75) is 18.4 Å². The molecule has 1 aromatic rings. The lowest BCUT2D eigenvalue weighted by Crippen LogP contribution is -2.40. The van der Waals surface area contributed by atoms with E-state index in [9.17, 15) is 9.50 Å². The molecule has 0 amide bonds. The summed E-state index contributed by atoms with van der Waals surface area (Å²) in [5.41, 5.74) is -0.315. The number of aliphatic hydroxyl groups is 1. The highest BCUT2D eigenvalue weighted by Crippen LogP contribution is 2.16. The topological polar surface area (TPSA) is 32.3 Å². The van der Waals surface area contributed by atoms with Crippen molar-refractivity contribution in [2.24, 2.45) is 0 Å². The third-order valence-corrected chi connectivity index (χ3v) is 2.69. The second-order valence-corrected chi connectivity index (χ2v) is 4.04. The van der Waals surface area contributed by atoms with Crippen LogP contribution in [0.1, 0.15) is 18.4 Å². The Morgan fingerprint density at radius 1 is 1.31 bits per heavy atom. The second kappa shape index (κ2) is 4.65. The summed E-state index contributed by atoms with van der Waals surface area (Å²) in [6, 6.07) is 6.11. The first kappa shape index (κ1) is 11.1. The molecule has 0 unspecified atom stereocenters. The molecule has 0 bridgehead atoms. The van der Waals surface area contributed by atoms with Gasteiger partial charge < -0.3 is 10.4 Å². The number of halogens is 1. The maximum absolute atomic E-state index is 12.9. The van der Waals surface area contributed by atoms with Crippen molar-refractivity contribution in [3.8, 4) is 11.8 Å². The molecule has 16 heavy (non-hydrogen) atoms. The second-order valence-electron chi connectivity index (χ2n) is 4.04. The van der Waals surface area contributed by atoms with Crippen molar-refractivity contribution in [1.82, 2.24) is 5.32 Å². The van der Waals surface area contributed by atoms with Crippen LogP contribution in [0.15, 0.2) is 24.3 Å². The van der Waals surface area contributed by atoms with Crippen LogP contribution in [0.2, 0.25) is 0 Å². The molecule has 0 saturated carbocycles. The molecule has 1 fully saturated rings. The highest BCUT2D eigenvalue weighted by Gasteiger charge is 2.26. The zero-order valence-electron chi connectivity index (χ0n) is 8.96. The summed E-state index contributed by atoms with van der Waals surface area (Å²) >= 11 is 0. The van der Waals surface area contributed by atoms with Crippen LogP contribution < -0.4 is 5.32 Å². The third kappa shape index (κ3) is 2.82. The third-order valence-electron chi connectivity index (χ3n) is 2.69. The lowest BCUT2D eigenvalue weighted by atomic mass is 9.93. The number of hydrogen-bond donors (Lipinski definition) is 2. The Bertz CT molecular complexity index is 427. The van der Waals surface area contributed by atoms with E-state index in [-0.39, 0.29) is 5.82 Å². The molecule has 2 rings (SSSR count). The molecule has 2 N–H and O–H groups in total. The predicted octanol–water partition coefficient (Wildman–Crippen LogP) is 1.29. The van der Waals surface area contributed by atoms with E-state index in [1.807, 2.05) is 0 Å². The Labute approximate surface area is 94.5 Å². The highest BCUT2D eigenvalue weighted by molar-refractivity contribution is 5.36. The molecule has 0 aliphatic carbocycles. The van der Waals surface area contributed by atoms with Crippen LogP contribution in [0, 0.1) is 17.7 Å². The number of hydrogen-bond acceptors (Lipinski definition) is 2. The Kier molecular flexibility index (Phi) is 3.23. The molecule has 0 spiro atoms. The van der Waals surface area contributed by atoms with E-state index in [1.165, 1.54) is 12.1 Å². The summed E-state index contributed by atoms with van der Waals surface area (Å²) in [6.07, 6.45) is 1.24. The van der Waals surface area contributed by atoms with Crippen LogP contribution in [0.4, 0.5) is 4.39 Å². The standard InChI is InChI=1S/C13H14FNO/c14-12-3-1-2-11(10-12)4-5-13(16)6-8-15-9-7-13/h1-3,10,15-16H,6-9H2. The largest absolute Gasteiger partial charge is 0.377 e. The fourth-order valence-electron chi connectivity index (χ4n) is 1.72.